The van der Waals surface area contributed by atoms with Crippen molar-refractivity contribution >= 4 is 11.5 Å². The Morgan fingerprint density at radius 1 is 1.33 bits per heavy atom. The molecule has 1 unspecified atom stereocenters. The van der Waals surface area contributed by atoms with Crippen LogP contribution in [-0.2, 0) is 6.54 Å². The summed E-state index contributed by atoms with van der Waals surface area (Å²) >= 11 is 0. The molecule has 0 spiro atoms. The van der Waals surface area contributed by atoms with Gasteiger partial charge in [-0.3, -0.25) is 0 Å². The first-order chi connectivity index (χ1) is 10.2. The van der Waals surface area contributed by atoms with Crippen LogP contribution in [0.1, 0.15) is 25.5 Å². The van der Waals surface area contributed by atoms with Gasteiger partial charge in [0.1, 0.15) is 5.65 Å². The molecule has 2 aromatic heterocycles. The van der Waals surface area contributed by atoms with Gasteiger partial charge in [0.05, 0.1) is 5.69 Å². The minimum Gasteiger partial charge on any atom is -0.351 e. The average molecular weight is 287 g/mol. The Hall–Kier alpha value is -1.59. The van der Waals surface area contributed by atoms with E-state index >= 15 is 0 Å². The van der Waals surface area contributed by atoms with Crippen molar-refractivity contribution in [3.05, 3.63) is 30.1 Å². The molecule has 2 N–H and O–H groups in total. The Morgan fingerprint density at radius 3 is 2.95 bits per heavy atom. The van der Waals surface area contributed by atoms with Crippen LogP contribution in [-0.4, -0.2) is 47.0 Å². The minimum absolute atomic E-state index is 0.507. The van der Waals surface area contributed by atoms with Crippen LogP contribution in [0.3, 0.4) is 0 Å². The van der Waals surface area contributed by atoms with Crippen molar-refractivity contribution in [2.45, 2.75) is 32.4 Å². The van der Waals surface area contributed by atoms with Gasteiger partial charge >= 0.3 is 0 Å². The van der Waals surface area contributed by atoms with Crippen LogP contribution in [0.4, 0.5) is 5.82 Å². The quantitative estimate of drug-likeness (QED) is 0.934. The zero-order valence-electron chi connectivity index (χ0n) is 13.0. The Balaban J connectivity index is 2.05. The first kappa shape index (κ1) is 14.4. The van der Waals surface area contributed by atoms with Gasteiger partial charge < -0.3 is 19.9 Å². The molecule has 1 fully saturated rings. The number of hydrogen-bond acceptors (Lipinski definition) is 4. The van der Waals surface area contributed by atoms with Gasteiger partial charge in [-0.1, -0.05) is 13.0 Å². The Bertz CT molecular complexity index is 606. The molecule has 2 aromatic rings. The van der Waals surface area contributed by atoms with E-state index in [9.17, 15) is 0 Å². The highest BCUT2D eigenvalue weighted by Crippen LogP contribution is 2.26. The van der Waals surface area contributed by atoms with E-state index in [1.54, 1.807) is 0 Å². The van der Waals surface area contributed by atoms with Crippen molar-refractivity contribution < 1.29 is 0 Å². The van der Waals surface area contributed by atoms with Crippen LogP contribution in [0, 0.1) is 0 Å². The van der Waals surface area contributed by atoms with Gasteiger partial charge in [0.15, 0.2) is 5.82 Å². The first-order valence-corrected chi connectivity index (χ1v) is 7.85. The van der Waals surface area contributed by atoms with Gasteiger partial charge in [0.25, 0.3) is 0 Å². The van der Waals surface area contributed by atoms with E-state index in [1.165, 1.54) is 6.42 Å². The van der Waals surface area contributed by atoms with Crippen LogP contribution < -0.4 is 10.6 Å². The van der Waals surface area contributed by atoms with Crippen molar-refractivity contribution in [2.75, 3.05) is 31.6 Å². The number of aromatic nitrogens is 2. The number of rotatable bonds is 3. The van der Waals surface area contributed by atoms with Crippen LogP contribution in [0.15, 0.2) is 24.4 Å². The van der Waals surface area contributed by atoms with Gasteiger partial charge in [0, 0.05) is 31.9 Å². The van der Waals surface area contributed by atoms with E-state index in [0.717, 1.165) is 43.2 Å². The van der Waals surface area contributed by atoms with Gasteiger partial charge in [-0.25, -0.2) is 4.98 Å². The zero-order chi connectivity index (χ0) is 14.8. The molecule has 0 radical (unpaired) electrons. The molecule has 3 rings (SSSR count). The molecule has 21 heavy (non-hydrogen) atoms. The second kappa shape index (κ2) is 6.03. The van der Waals surface area contributed by atoms with E-state index < -0.39 is 0 Å². The Morgan fingerprint density at radius 2 is 2.19 bits per heavy atom. The molecular formula is C16H25N5. The topological polar surface area (TPSA) is 49.8 Å². The summed E-state index contributed by atoms with van der Waals surface area (Å²) < 4.78 is 2.12. The number of likely N-dealkylation sites (N-methyl/N-ethyl adjacent to an activating group) is 1. The lowest BCUT2D eigenvalue weighted by Crippen LogP contribution is -2.40. The van der Waals surface area contributed by atoms with Crippen molar-refractivity contribution in [3.8, 4) is 0 Å². The summed E-state index contributed by atoms with van der Waals surface area (Å²) in [6.07, 6.45) is 4.35. The molecule has 1 atom stereocenters. The average Bonchev–Trinajstić information content (AvgIpc) is 2.76. The third kappa shape index (κ3) is 2.63. The maximum atomic E-state index is 6.02. The Labute approximate surface area is 126 Å². The first-order valence-electron chi connectivity index (χ1n) is 7.85. The molecule has 5 heteroatoms. The van der Waals surface area contributed by atoms with E-state index in [0.29, 0.717) is 12.6 Å². The molecule has 0 aliphatic carbocycles. The fourth-order valence-corrected chi connectivity index (χ4v) is 3.33. The molecule has 5 nitrogen and oxygen atoms in total. The summed E-state index contributed by atoms with van der Waals surface area (Å²) in [6, 6.07) is 6.62. The lowest BCUT2D eigenvalue weighted by atomic mass is 10.2. The van der Waals surface area contributed by atoms with Crippen LogP contribution in [0.25, 0.3) is 5.65 Å². The van der Waals surface area contributed by atoms with Crippen LogP contribution in [0.2, 0.25) is 0 Å². The molecule has 3 heterocycles. The van der Waals surface area contributed by atoms with Crippen molar-refractivity contribution in [1.29, 1.82) is 0 Å². The molecule has 1 aliphatic heterocycles. The summed E-state index contributed by atoms with van der Waals surface area (Å²) in [5.74, 6) is 1.07. The highest BCUT2D eigenvalue weighted by Gasteiger charge is 2.26. The molecule has 1 saturated heterocycles. The van der Waals surface area contributed by atoms with Crippen LogP contribution >= 0.6 is 0 Å². The van der Waals surface area contributed by atoms with Gasteiger partial charge in [-0.2, -0.15) is 0 Å². The third-order valence-electron chi connectivity index (χ3n) is 4.45. The third-order valence-corrected chi connectivity index (χ3v) is 4.45. The molecule has 0 bridgehead atoms. The molecule has 114 valence electrons. The van der Waals surface area contributed by atoms with Crippen molar-refractivity contribution in [1.82, 2.24) is 14.3 Å². The smallest absolute Gasteiger partial charge is 0.152 e. The summed E-state index contributed by atoms with van der Waals surface area (Å²) in [5, 5.41) is 0. The van der Waals surface area contributed by atoms with Gasteiger partial charge in [-0.05, 0) is 38.6 Å². The molecular weight excluding hydrogens is 262 g/mol. The summed E-state index contributed by atoms with van der Waals surface area (Å²) in [4.78, 5) is 9.76. The fraction of sp³-hybridized carbons (Fsp3) is 0.562. The van der Waals surface area contributed by atoms with Crippen molar-refractivity contribution in [3.63, 3.8) is 0 Å². The van der Waals surface area contributed by atoms with Crippen molar-refractivity contribution in [2.24, 2.45) is 5.73 Å². The van der Waals surface area contributed by atoms with Gasteiger partial charge in [0.2, 0.25) is 0 Å². The predicted octanol–water partition coefficient (Wildman–Crippen LogP) is 1.71. The lowest BCUT2D eigenvalue weighted by Gasteiger charge is -2.31. The second-order valence-corrected chi connectivity index (χ2v) is 5.89. The Kier molecular flexibility index (Phi) is 4.12. The van der Waals surface area contributed by atoms with E-state index in [4.69, 9.17) is 10.7 Å². The maximum Gasteiger partial charge on any atom is 0.152 e. The number of pyridine rings is 1. The van der Waals surface area contributed by atoms with E-state index in [-0.39, 0.29) is 0 Å². The SMILES string of the molecule is CCC1CN(C)CCCN1c1nc2ccccn2c1CN. The summed E-state index contributed by atoms with van der Waals surface area (Å²) in [7, 11) is 2.21. The molecule has 0 amide bonds. The fourth-order valence-electron chi connectivity index (χ4n) is 3.33. The summed E-state index contributed by atoms with van der Waals surface area (Å²) in [5.41, 5.74) is 8.13. The van der Waals surface area contributed by atoms with Gasteiger partial charge in [-0.15, -0.1) is 0 Å². The monoisotopic (exact) mass is 287 g/mol. The number of anilines is 1. The number of fused-ring (bicyclic) bond motifs is 1. The number of imidazole rings is 1. The normalized spacial score (nSPS) is 20.9. The second-order valence-electron chi connectivity index (χ2n) is 5.89. The summed E-state index contributed by atoms with van der Waals surface area (Å²) in [6.45, 7) is 6.07. The minimum atomic E-state index is 0.507. The number of nitrogens with zero attached hydrogens (tertiary/aromatic N) is 4. The largest absolute Gasteiger partial charge is 0.351 e. The number of nitrogens with two attached hydrogens (primary N) is 1. The predicted molar refractivity (Wildman–Crippen MR) is 86.6 cm³/mol. The van der Waals surface area contributed by atoms with E-state index in [1.807, 2.05) is 18.2 Å². The zero-order valence-corrected chi connectivity index (χ0v) is 13.0. The molecule has 1 aliphatic rings. The lowest BCUT2D eigenvalue weighted by molar-refractivity contribution is 0.327. The highest BCUT2D eigenvalue weighted by atomic mass is 15.3. The molecule has 0 aromatic carbocycles. The maximum absolute atomic E-state index is 6.02. The number of hydrogen-bond donors (Lipinski definition) is 1. The molecule has 0 saturated carbocycles. The highest BCUT2D eigenvalue weighted by molar-refractivity contribution is 5.56. The standard InChI is InChI=1S/C16H25N5/c1-3-13-12-19(2)8-6-10-20(13)16-14(11-17)21-9-5-4-7-15(21)18-16/h4-5,7,9,13H,3,6,8,10-12,17H2,1-2H3. The van der Waals surface area contributed by atoms with E-state index in [2.05, 4.69) is 34.4 Å². The van der Waals surface area contributed by atoms with Crippen LogP contribution in [0.5, 0.6) is 0 Å².